The molecule has 1 saturated heterocycles. The van der Waals surface area contributed by atoms with Gasteiger partial charge in [-0.05, 0) is 43.9 Å². The van der Waals surface area contributed by atoms with Crippen LogP contribution in [0.5, 0.6) is 0 Å². The summed E-state index contributed by atoms with van der Waals surface area (Å²) in [4.78, 5) is 18.7. The molecule has 1 aliphatic rings. The van der Waals surface area contributed by atoms with Crippen LogP contribution in [0.3, 0.4) is 0 Å². The highest BCUT2D eigenvalue weighted by atomic mass is 16.5. The van der Waals surface area contributed by atoms with Crippen LogP contribution in [0.25, 0.3) is 0 Å². The van der Waals surface area contributed by atoms with Gasteiger partial charge in [-0.25, -0.2) is 9.78 Å². The van der Waals surface area contributed by atoms with Gasteiger partial charge in [0.25, 0.3) is 0 Å². The molecule has 6 heteroatoms. The lowest BCUT2D eigenvalue weighted by Gasteiger charge is -2.33. The summed E-state index contributed by atoms with van der Waals surface area (Å²) in [5, 5.41) is 4.27. The van der Waals surface area contributed by atoms with E-state index in [0.29, 0.717) is 18.1 Å². The molecule has 3 rings (SSSR count). The van der Waals surface area contributed by atoms with Crippen LogP contribution < -0.4 is 4.90 Å². The van der Waals surface area contributed by atoms with Crippen LogP contribution in [0, 0.1) is 5.92 Å². The predicted octanol–water partition coefficient (Wildman–Crippen LogP) is 2.37. The number of carbonyl (C=O) groups is 1. The molecule has 122 valence electrons. The second kappa shape index (κ2) is 7.26. The lowest BCUT2D eigenvalue weighted by Crippen LogP contribution is -2.36. The van der Waals surface area contributed by atoms with E-state index in [1.54, 1.807) is 18.3 Å². The Balaban J connectivity index is 1.64. The number of esters is 1. The van der Waals surface area contributed by atoms with Crippen LogP contribution in [-0.4, -0.2) is 40.4 Å². The van der Waals surface area contributed by atoms with Crippen molar-refractivity contribution in [3.63, 3.8) is 0 Å². The summed E-state index contributed by atoms with van der Waals surface area (Å²) in [6.07, 6.45) is 7.68. The van der Waals surface area contributed by atoms with Crippen LogP contribution in [-0.2, 0) is 11.3 Å². The summed E-state index contributed by atoms with van der Waals surface area (Å²) < 4.78 is 7.12. The lowest BCUT2D eigenvalue weighted by molar-refractivity contribution is 0.0526. The molecular weight excluding hydrogens is 292 g/mol. The minimum atomic E-state index is -0.297. The average Bonchev–Trinajstić information content (AvgIpc) is 3.09. The number of carbonyl (C=O) groups excluding carboxylic acids is 1. The van der Waals surface area contributed by atoms with Crippen LogP contribution in [0.15, 0.2) is 36.8 Å². The third-order valence-electron chi connectivity index (χ3n) is 4.20. The molecule has 0 bridgehead atoms. The summed E-state index contributed by atoms with van der Waals surface area (Å²) in [7, 11) is 0. The van der Waals surface area contributed by atoms with Gasteiger partial charge in [-0.3, -0.25) is 4.68 Å². The van der Waals surface area contributed by atoms with E-state index >= 15 is 0 Å². The molecule has 0 N–H and O–H groups in total. The molecule has 0 amide bonds. The number of aromatic nitrogens is 3. The molecular formula is C17H22N4O2. The van der Waals surface area contributed by atoms with Crippen molar-refractivity contribution in [2.24, 2.45) is 5.92 Å². The fraction of sp³-hybridized carbons (Fsp3) is 0.471. The molecule has 0 unspecified atom stereocenters. The number of hydrogen-bond donors (Lipinski definition) is 0. The predicted molar refractivity (Wildman–Crippen MR) is 87.4 cm³/mol. The van der Waals surface area contributed by atoms with Gasteiger partial charge in [-0.1, -0.05) is 0 Å². The minimum absolute atomic E-state index is 0.297. The zero-order valence-electron chi connectivity index (χ0n) is 13.4. The monoisotopic (exact) mass is 314 g/mol. The van der Waals surface area contributed by atoms with Crippen molar-refractivity contribution in [3.05, 3.63) is 42.4 Å². The van der Waals surface area contributed by atoms with Gasteiger partial charge in [0.1, 0.15) is 11.4 Å². The molecule has 2 aromatic rings. The summed E-state index contributed by atoms with van der Waals surface area (Å²) in [5.41, 5.74) is 0.555. The summed E-state index contributed by atoms with van der Waals surface area (Å²) in [5.74, 6) is 1.05. The third kappa shape index (κ3) is 3.70. The molecule has 0 atom stereocenters. The number of piperidine rings is 1. The Bertz CT molecular complexity index is 634. The van der Waals surface area contributed by atoms with Crippen molar-refractivity contribution in [2.45, 2.75) is 26.3 Å². The van der Waals surface area contributed by atoms with E-state index in [1.807, 2.05) is 30.1 Å². The zero-order valence-corrected chi connectivity index (χ0v) is 13.4. The maximum Gasteiger partial charge on any atom is 0.341 e. The Labute approximate surface area is 136 Å². The van der Waals surface area contributed by atoms with Crippen LogP contribution in [0.2, 0.25) is 0 Å². The van der Waals surface area contributed by atoms with Crippen LogP contribution >= 0.6 is 0 Å². The highest BCUT2D eigenvalue weighted by Gasteiger charge is 2.24. The van der Waals surface area contributed by atoms with E-state index in [2.05, 4.69) is 15.0 Å². The summed E-state index contributed by atoms with van der Waals surface area (Å²) in [6.45, 7) is 4.94. The smallest absolute Gasteiger partial charge is 0.341 e. The molecule has 6 nitrogen and oxygen atoms in total. The van der Waals surface area contributed by atoms with E-state index in [0.717, 1.165) is 38.3 Å². The fourth-order valence-corrected chi connectivity index (χ4v) is 3.02. The molecule has 0 spiro atoms. The minimum Gasteiger partial charge on any atom is -0.462 e. The first-order valence-electron chi connectivity index (χ1n) is 8.12. The number of hydrogen-bond acceptors (Lipinski definition) is 5. The zero-order chi connectivity index (χ0) is 16.1. The van der Waals surface area contributed by atoms with Crippen molar-refractivity contribution in [1.29, 1.82) is 0 Å². The molecule has 1 fully saturated rings. The molecule has 0 radical (unpaired) electrons. The van der Waals surface area contributed by atoms with E-state index in [4.69, 9.17) is 4.74 Å². The number of nitrogens with zero attached hydrogens (tertiary/aromatic N) is 4. The molecule has 0 saturated carbocycles. The van der Waals surface area contributed by atoms with Gasteiger partial charge in [-0.15, -0.1) is 0 Å². The normalized spacial score (nSPS) is 15.6. The van der Waals surface area contributed by atoms with Gasteiger partial charge in [0, 0.05) is 38.2 Å². The summed E-state index contributed by atoms with van der Waals surface area (Å²) in [6, 6.07) is 5.52. The van der Waals surface area contributed by atoms with Gasteiger partial charge in [-0.2, -0.15) is 5.10 Å². The highest BCUT2D eigenvalue weighted by Crippen LogP contribution is 2.25. The van der Waals surface area contributed by atoms with Crippen molar-refractivity contribution in [1.82, 2.24) is 14.8 Å². The van der Waals surface area contributed by atoms with Gasteiger partial charge < -0.3 is 9.64 Å². The number of rotatable bonds is 5. The Morgan fingerprint density at radius 3 is 2.83 bits per heavy atom. The first kappa shape index (κ1) is 15.5. The van der Waals surface area contributed by atoms with Gasteiger partial charge in [0.2, 0.25) is 0 Å². The third-order valence-corrected chi connectivity index (χ3v) is 4.20. The van der Waals surface area contributed by atoms with Gasteiger partial charge >= 0.3 is 5.97 Å². The maximum atomic E-state index is 12.1. The number of ether oxygens (including phenoxy) is 1. The molecule has 2 aromatic heterocycles. The Hall–Kier alpha value is -2.37. The van der Waals surface area contributed by atoms with Gasteiger partial charge in [0.05, 0.1) is 6.61 Å². The fourth-order valence-electron chi connectivity index (χ4n) is 3.02. The molecule has 0 aliphatic carbocycles. The first-order chi connectivity index (χ1) is 11.3. The van der Waals surface area contributed by atoms with Crippen molar-refractivity contribution in [2.75, 3.05) is 24.6 Å². The number of pyridine rings is 1. The van der Waals surface area contributed by atoms with Crippen molar-refractivity contribution >= 4 is 11.8 Å². The highest BCUT2D eigenvalue weighted by molar-refractivity contribution is 5.94. The van der Waals surface area contributed by atoms with E-state index in [9.17, 15) is 4.79 Å². The first-order valence-corrected chi connectivity index (χ1v) is 8.12. The van der Waals surface area contributed by atoms with E-state index in [-0.39, 0.29) is 5.97 Å². The quantitative estimate of drug-likeness (QED) is 0.793. The number of anilines is 1. The van der Waals surface area contributed by atoms with E-state index < -0.39 is 0 Å². The molecule has 0 aromatic carbocycles. The second-order valence-corrected chi connectivity index (χ2v) is 5.75. The SMILES string of the molecule is CCOC(=O)c1cccnc1N1CCC(Cn2cccn2)CC1. The largest absolute Gasteiger partial charge is 0.462 e. The second-order valence-electron chi connectivity index (χ2n) is 5.75. The van der Waals surface area contributed by atoms with Crippen LogP contribution in [0.1, 0.15) is 30.1 Å². The lowest BCUT2D eigenvalue weighted by atomic mass is 9.96. The summed E-state index contributed by atoms with van der Waals surface area (Å²) >= 11 is 0. The van der Waals surface area contributed by atoms with Crippen LogP contribution in [0.4, 0.5) is 5.82 Å². The van der Waals surface area contributed by atoms with Gasteiger partial charge in [0.15, 0.2) is 0 Å². The maximum absolute atomic E-state index is 12.1. The molecule has 1 aliphatic heterocycles. The topological polar surface area (TPSA) is 60.2 Å². The Kier molecular flexibility index (Phi) is 4.90. The molecule has 3 heterocycles. The standard InChI is InChI=1S/C17H22N4O2/c1-2-23-17(22)15-5-3-8-18-16(15)20-11-6-14(7-12-20)13-21-10-4-9-19-21/h3-5,8-10,14H,2,6-7,11-13H2,1H3. The van der Waals surface area contributed by atoms with E-state index in [1.165, 1.54) is 0 Å². The van der Waals surface area contributed by atoms with Crippen molar-refractivity contribution < 1.29 is 9.53 Å². The molecule has 23 heavy (non-hydrogen) atoms. The average molecular weight is 314 g/mol. The Morgan fingerprint density at radius 2 is 2.13 bits per heavy atom. The van der Waals surface area contributed by atoms with Crippen molar-refractivity contribution in [3.8, 4) is 0 Å². The Morgan fingerprint density at radius 1 is 1.30 bits per heavy atom.